The Morgan fingerprint density at radius 2 is 2.44 bits per heavy atom. The molecule has 96 valence electrons. The van der Waals surface area contributed by atoms with Gasteiger partial charge < -0.3 is 9.47 Å². The van der Waals surface area contributed by atoms with Gasteiger partial charge in [0.1, 0.15) is 0 Å². The number of methoxy groups -OCH3 is 1. The van der Waals surface area contributed by atoms with Crippen molar-refractivity contribution in [1.29, 1.82) is 0 Å². The van der Waals surface area contributed by atoms with Crippen molar-refractivity contribution in [3.8, 4) is 0 Å². The molecular formula is C14H17NO3. The molecule has 0 aromatic heterocycles. The van der Waals surface area contributed by atoms with Crippen LogP contribution in [0, 0.1) is 0 Å². The monoisotopic (exact) mass is 247 g/mol. The molecule has 1 spiro atoms. The van der Waals surface area contributed by atoms with E-state index in [1.807, 2.05) is 0 Å². The Morgan fingerprint density at radius 3 is 3.28 bits per heavy atom. The van der Waals surface area contributed by atoms with E-state index < -0.39 is 0 Å². The normalized spacial score (nSPS) is 45.5. The smallest absolute Gasteiger partial charge is 0.332 e. The maximum absolute atomic E-state index is 11.6. The lowest BCUT2D eigenvalue weighted by molar-refractivity contribution is -0.149. The first-order valence-corrected chi connectivity index (χ1v) is 6.65. The second-order valence-electron chi connectivity index (χ2n) is 5.68. The third kappa shape index (κ3) is 1.20. The molecule has 2 fully saturated rings. The van der Waals surface area contributed by atoms with Gasteiger partial charge in [-0.1, -0.05) is 12.2 Å². The van der Waals surface area contributed by atoms with E-state index in [1.54, 1.807) is 13.2 Å². The third-order valence-electron chi connectivity index (χ3n) is 4.95. The average Bonchev–Trinajstić information content (AvgIpc) is 2.85. The summed E-state index contributed by atoms with van der Waals surface area (Å²) in [5, 5.41) is 0. The van der Waals surface area contributed by atoms with E-state index in [-0.39, 0.29) is 17.6 Å². The van der Waals surface area contributed by atoms with Crippen molar-refractivity contribution in [2.24, 2.45) is 0 Å². The Bertz CT molecular complexity index is 470. The van der Waals surface area contributed by atoms with Gasteiger partial charge in [0.15, 0.2) is 5.60 Å². The molecule has 3 aliphatic heterocycles. The molecule has 4 atom stereocenters. The lowest BCUT2D eigenvalue weighted by Crippen LogP contribution is -2.51. The number of carbonyl (C=O) groups excluding carboxylic acids is 1. The van der Waals surface area contributed by atoms with E-state index in [4.69, 9.17) is 9.47 Å². The molecule has 18 heavy (non-hydrogen) atoms. The third-order valence-corrected chi connectivity index (χ3v) is 4.95. The van der Waals surface area contributed by atoms with Crippen molar-refractivity contribution in [3.63, 3.8) is 0 Å². The van der Waals surface area contributed by atoms with Gasteiger partial charge in [-0.3, -0.25) is 4.90 Å². The van der Waals surface area contributed by atoms with Crippen molar-refractivity contribution in [2.45, 2.75) is 43.1 Å². The Labute approximate surface area is 106 Å². The van der Waals surface area contributed by atoms with Gasteiger partial charge in [0.05, 0.1) is 12.1 Å². The first-order chi connectivity index (χ1) is 8.73. The molecule has 4 unspecified atom stereocenters. The van der Waals surface area contributed by atoms with Crippen LogP contribution in [-0.2, 0) is 14.3 Å². The van der Waals surface area contributed by atoms with Crippen LogP contribution in [0.3, 0.4) is 0 Å². The molecule has 0 N–H and O–H groups in total. The molecule has 2 saturated heterocycles. The summed E-state index contributed by atoms with van der Waals surface area (Å²) in [6, 6.07) is 0.713. The van der Waals surface area contributed by atoms with Crippen molar-refractivity contribution in [2.75, 3.05) is 13.7 Å². The molecule has 1 aliphatic carbocycles. The van der Waals surface area contributed by atoms with E-state index in [0.29, 0.717) is 12.1 Å². The van der Waals surface area contributed by atoms with Gasteiger partial charge in [-0.15, -0.1) is 0 Å². The molecule has 4 rings (SSSR count). The van der Waals surface area contributed by atoms with E-state index >= 15 is 0 Å². The molecule has 2 bridgehead atoms. The molecule has 0 amide bonds. The van der Waals surface area contributed by atoms with Gasteiger partial charge in [-0.05, 0) is 12.8 Å². The minimum absolute atomic E-state index is 0.184. The zero-order valence-electron chi connectivity index (χ0n) is 10.5. The zero-order chi connectivity index (χ0) is 12.3. The second kappa shape index (κ2) is 3.45. The number of hydrogen-bond donors (Lipinski definition) is 0. The van der Waals surface area contributed by atoms with Crippen LogP contribution in [0.15, 0.2) is 23.8 Å². The van der Waals surface area contributed by atoms with Crippen molar-refractivity contribution >= 4 is 5.97 Å². The lowest BCUT2D eigenvalue weighted by Gasteiger charge is -2.40. The standard InChI is InChI=1S/C14H17NO3/c1-17-11-4-5-15-10-3-2-9-6-13(16)18-14(9,8-10)12(15)7-11/h2-3,6,10-12H,4-5,7-8H2,1H3. The number of piperidine rings is 1. The number of esters is 1. The van der Waals surface area contributed by atoms with E-state index in [2.05, 4.69) is 17.1 Å². The summed E-state index contributed by atoms with van der Waals surface area (Å²) in [5.74, 6) is -0.184. The van der Waals surface area contributed by atoms with Crippen molar-refractivity contribution in [1.82, 2.24) is 4.90 Å². The molecule has 0 radical (unpaired) electrons. The number of nitrogens with zero attached hydrogens (tertiary/aromatic N) is 1. The quantitative estimate of drug-likeness (QED) is 0.649. The number of rotatable bonds is 1. The molecule has 4 aliphatic rings. The van der Waals surface area contributed by atoms with Crippen LogP contribution in [0.5, 0.6) is 0 Å². The summed E-state index contributed by atoms with van der Waals surface area (Å²) in [6.07, 6.45) is 9.20. The minimum Gasteiger partial charge on any atom is -0.449 e. The van der Waals surface area contributed by atoms with Crippen molar-refractivity contribution in [3.05, 3.63) is 23.8 Å². The second-order valence-corrected chi connectivity index (χ2v) is 5.68. The first-order valence-electron chi connectivity index (χ1n) is 6.65. The average molecular weight is 247 g/mol. The zero-order valence-corrected chi connectivity index (χ0v) is 10.5. The van der Waals surface area contributed by atoms with E-state index in [0.717, 1.165) is 31.4 Å². The SMILES string of the molecule is COC1CCN2C3C=CC4=CC(=O)OC4(C3)C2C1. The molecule has 4 nitrogen and oxygen atoms in total. The number of hydrogen-bond acceptors (Lipinski definition) is 4. The lowest BCUT2D eigenvalue weighted by atomic mass is 9.80. The summed E-state index contributed by atoms with van der Waals surface area (Å²) in [6.45, 7) is 1.03. The van der Waals surface area contributed by atoms with Gasteiger partial charge >= 0.3 is 5.97 Å². The highest BCUT2D eigenvalue weighted by atomic mass is 16.6. The topological polar surface area (TPSA) is 38.8 Å². The molecule has 0 aromatic carbocycles. The molecule has 0 aromatic rings. The van der Waals surface area contributed by atoms with Crippen LogP contribution in [0.4, 0.5) is 0 Å². The highest BCUT2D eigenvalue weighted by molar-refractivity contribution is 5.88. The van der Waals surface area contributed by atoms with Crippen LogP contribution in [-0.4, -0.2) is 48.3 Å². The first kappa shape index (κ1) is 10.8. The Balaban J connectivity index is 1.75. The molecular weight excluding hydrogens is 230 g/mol. The van der Waals surface area contributed by atoms with Gasteiger partial charge in [-0.25, -0.2) is 4.79 Å². The van der Waals surface area contributed by atoms with Gasteiger partial charge in [0.2, 0.25) is 0 Å². The fourth-order valence-corrected chi connectivity index (χ4v) is 4.10. The van der Waals surface area contributed by atoms with Gasteiger partial charge in [0.25, 0.3) is 0 Å². The summed E-state index contributed by atoms with van der Waals surface area (Å²) < 4.78 is 11.2. The van der Waals surface area contributed by atoms with Gasteiger partial charge in [-0.2, -0.15) is 0 Å². The Morgan fingerprint density at radius 1 is 1.56 bits per heavy atom. The summed E-state index contributed by atoms with van der Waals surface area (Å²) in [4.78, 5) is 14.1. The Kier molecular flexibility index (Phi) is 2.07. The largest absolute Gasteiger partial charge is 0.449 e. The highest BCUT2D eigenvalue weighted by Crippen LogP contribution is 2.51. The number of ether oxygens (including phenoxy) is 2. The molecule has 3 heterocycles. The van der Waals surface area contributed by atoms with Crippen LogP contribution >= 0.6 is 0 Å². The van der Waals surface area contributed by atoms with Crippen LogP contribution < -0.4 is 0 Å². The highest BCUT2D eigenvalue weighted by Gasteiger charge is 2.60. The summed E-state index contributed by atoms with van der Waals surface area (Å²) >= 11 is 0. The maximum atomic E-state index is 11.6. The maximum Gasteiger partial charge on any atom is 0.332 e. The Hall–Kier alpha value is -1.13. The molecule has 0 saturated carbocycles. The van der Waals surface area contributed by atoms with Gasteiger partial charge in [0, 0.05) is 37.8 Å². The fourth-order valence-electron chi connectivity index (χ4n) is 4.10. The molecule has 4 heteroatoms. The van der Waals surface area contributed by atoms with E-state index in [1.165, 1.54) is 0 Å². The predicted octanol–water partition coefficient (Wildman–Crippen LogP) is 1.03. The summed E-state index contributed by atoms with van der Waals surface area (Å²) in [7, 11) is 1.77. The van der Waals surface area contributed by atoms with Crippen LogP contribution in [0.1, 0.15) is 19.3 Å². The van der Waals surface area contributed by atoms with Crippen LogP contribution in [0.25, 0.3) is 0 Å². The fraction of sp³-hybridized carbons (Fsp3) is 0.643. The van der Waals surface area contributed by atoms with E-state index in [9.17, 15) is 4.79 Å². The predicted molar refractivity (Wildman–Crippen MR) is 65.0 cm³/mol. The minimum atomic E-state index is -0.381. The van der Waals surface area contributed by atoms with Crippen molar-refractivity contribution < 1.29 is 14.3 Å². The van der Waals surface area contributed by atoms with Crippen LogP contribution in [0.2, 0.25) is 0 Å². The number of fused-ring (bicyclic) bond motifs is 3. The summed E-state index contributed by atoms with van der Waals surface area (Å²) in [5.41, 5.74) is 0.682. The number of carbonyl (C=O) groups is 1.